The maximum absolute atomic E-state index is 11.5. The average molecular weight is 281 g/mol. The molecule has 0 amide bonds. The van der Waals surface area contributed by atoms with Crippen LogP contribution < -0.4 is 10.5 Å². The molecule has 1 rings (SSSR count). The molecule has 0 saturated carbocycles. The van der Waals surface area contributed by atoms with Crippen LogP contribution in [0.3, 0.4) is 0 Å². The number of morpholine rings is 1. The van der Waals surface area contributed by atoms with Gasteiger partial charge in [-0.3, -0.25) is 4.90 Å². The first kappa shape index (κ1) is 14.8. The molecule has 100 valence electrons. The second-order valence-corrected chi connectivity index (χ2v) is 6.29. The molecule has 0 aromatic rings. The lowest BCUT2D eigenvalue weighted by atomic mass is 10.3. The number of nitrogens with one attached hydrogen (secondary N) is 1. The Hall–Kier alpha value is -0.280. The van der Waals surface area contributed by atoms with E-state index >= 15 is 0 Å². The van der Waals surface area contributed by atoms with Crippen LogP contribution in [0, 0.1) is 0 Å². The molecule has 1 aliphatic rings. The predicted molar refractivity (Wildman–Crippen MR) is 70.4 cm³/mol. The van der Waals surface area contributed by atoms with Crippen molar-refractivity contribution < 1.29 is 13.2 Å². The summed E-state index contributed by atoms with van der Waals surface area (Å²) in [5, 5.41) is 0. The largest absolute Gasteiger partial charge is 0.392 e. The molecule has 0 bridgehead atoms. The number of hydrogen-bond acceptors (Lipinski definition) is 5. The Bertz CT molecular complexity index is 358. The van der Waals surface area contributed by atoms with E-state index in [9.17, 15) is 8.42 Å². The Balaban J connectivity index is 2.37. The summed E-state index contributed by atoms with van der Waals surface area (Å²) in [4.78, 5) is 2.19. The quantitative estimate of drug-likeness (QED) is 0.602. The first-order valence-electron chi connectivity index (χ1n) is 5.52. The van der Waals surface area contributed by atoms with E-state index in [1.807, 2.05) is 0 Å². The van der Waals surface area contributed by atoms with Gasteiger partial charge in [0.1, 0.15) is 5.75 Å². The molecule has 0 aromatic heterocycles. The summed E-state index contributed by atoms with van der Waals surface area (Å²) in [6.07, 6.45) is -0.107. The van der Waals surface area contributed by atoms with E-state index in [0.29, 0.717) is 6.61 Å². The van der Waals surface area contributed by atoms with Gasteiger partial charge >= 0.3 is 0 Å². The zero-order valence-corrected chi connectivity index (χ0v) is 11.5. The number of hydrogen-bond donors (Lipinski definition) is 2. The Labute approximate surface area is 108 Å². The normalized spacial score (nSPS) is 22.5. The van der Waals surface area contributed by atoms with Gasteiger partial charge in [0.15, 0.2) is 0 Å². The summed E-state index contributed by atoms with van der Waals surface area (Å²) in [5.74, 6) is -0.313. The number of nitrogens with two attached hydrogens (primary N) is 1. The van der Waals surface area contributed by atoms with Crippen molar-refractivity contribution in [1.82, 2.24) is 9.62 Å². The molecule has 0 spiro atoms. The Morgan fingerprint density at radius 3 is 2.94 bits per heavy atom. The summed E-state index contributed by atoms with van der Waals surface area (Å²) >= 11 is 4.57. The van der Waals surface area contributed by atoms with Crippen LogP contribution in [0.4, 0.5) is 0 Å². The van der Waals surface area contributed by atoms with E-state index in [4.69, 9.17) is 10.5 Å². The van der Waals surface area contributed by atoms with Gasteiger partial charge in [-0.2, -0.15) is 0 Å². The van der Waals surface area contributed by atoms with Crippen molar-refractivity contribution in [2.45, 2.75) is 13.0 Å². The minimum Gasteiger partial charge on any atom is -0.392 e. The molecule has 3 N–H and O–H groups in total. The molecular weight excluding hydrogens is 262 g/mol. The third-order valence-corrected chi connectivity index (χ3v) is 4.16. The van der Waals surface area contributed by atoms with Crippen molar-refractivity contribution in [3.8, 4) is 0 Å². The standard InChI is InChI=1S/C9H19N3O3S2/c1-2-12-3-4-15-8(6-12)5-11-17(13,14)7-9(10)16/h8,11H,2-7H2,1H3,(H2,10,16). The fourth-order valence-electron chi connectivity index (χ4n) is 1.65. The second-order valence-electron chi connectivity index (χ2n) is 3.96. The number of sulfonamides is 1. The fourth-order valence-corrected chi connectivity index (χ4v) is 3.03. The van der Waals surface area contributed by atoms with Crippen molar-refractivity contribution in [2.75, 3.05) is 38.5 Å². The molecule has 1 heterocycles. The monoisotopic (exact) mass is 281 g/mol. The van der Waals surface area contributed by atoms with Crippen molar-refractivity contribution in [2.24, 2.45) is 5.73 Å². The fraction of sp³-hybridized carbons (Fsp3) is 0.889. The third kappa shape index (κ3) is 5.73. The van der Waals surface area contributed by atoms with E-state index in [1.165, 1.54) is 0 Å². The van der Waals surface area contributed by atoms with Crippen LogP contribution in [0.15, 0.2) is 0 Å². The first-order chi connectivity index (χ1) is 7.93. The lowest BCUT2D eigenvalue weighted by Crippen LogP contribution is -2.48. The van der Waals surface area contributed by atoms with Gasteiger partial charge < -0.3 is 10.5 Å². The molecule has 17 heavy (non-hydrogen) atoms. The van der Waals surface area contributed by atoms with Crippen LogP contribution in [-0.4, -0.2) is 62.9 Å². The number of likely N-dealkylation sites (N-methyl/N-ethyl adjacent to an activating group) is 1. The number of nitrogens with zero attached hydrogens (tertiary/aromatic N) is 1. The zero-order valence-electron chi connectivity index (χ0n) is 9.89. The molecule has 1 saturated heterocycles. The topological polar surface area (TPSA) is 84.7 Å². The van der Waals surface area contributed by atoms with E-state index < -0.39 is 10.0 Å². The molecule has 1 aliphatic heterocycles. The van der Waals surface area contributed by atoms with Crippen LogP contribution in [-0.2, 0) is 14.8 Å². The minimum atomic E-state index is -3.42. The molecular formula is C9H19N3O3S2. The van der Waals surface area contributed by atoms with Gasteiger partial charge in [-0.1, -0.05) is 19.1 Å². The van der Waals surface area contributed by atoms with Gasteiger partial charge in [0, 0.05) is 19.6 Å². The van der Waals surface area contributed by atoms with Crippen molar-refractivity contribution in [3.63, 3.8) is 0 Å². The van der Waals surface area contributed by atoms with Crippen molar-refractivity contribution in [3.05, 3.63) is 0 Å². The highest BCUT2D eigenvalue weighted by molar-refractivity contribution is 7.92. The van der Waals surface area contributed by atoms with Gasteiger partial charge in [0.2, 0.25) is 10.0 Å². The Kier molecular flexibility index (Phi) is 5.74. The molecule has 0 radical (unpaired) electrons. The van der Waals surface area contributed by atoms with Crippen molar-refractivity contribution >= 4 is 27.2 Å². The van der Waals surface area contributed by atoms with E-state index in [2.05, 4.69) is 28.8 Å². The average Bonchev–Trinajstić information content (AvgIpc) is 2.25. The van der Waals surface area contributed by atoms with E-state index in [0.717, 1.165) is 19.6 Å². The first-order valence-corrected chi connectivity index (χ1v) is 7.58. The van der Waals surface area contributed by atoms with Gasteiger partial charge in [-0.15, -0.1) is 0 Å². The zero-order chi connectivity index (χ0) is 12.9. The van der Waals surface area contributed by atoms with Crippen LogP contribution in [0.2, 0.25) is 0 Å². The van der Waals surface area contributed by atoms with Crippen LogP contribution >= 0.6 is 12.2 Å². The van der Waals surface area contributed by atoms with Gasteiger partial charge in [-0.05, 0) is 6.54 Å². The predicted octanol–water partition coefficient (Wildman–Crippen LogP) is -1.09. The molecule has 6 nitrogen and oxygen atoms in total. The number of ether oxygens (including phenoxy) is 1. The van der Waals surface area contributed by atoms with Gasteiger partial charge in [0.05, 0.1) is 17.7 Å². The van der Waals surface area contributed by atoms with E-state index in [1.54, 1.807) is 0 Å². The highest BCUT2D eigenvalue weighted by atomic mass is 32.2. The highest BCUT2D eigenvalue weighted by Gasteiger charge is 2.21. The molecule has 1 fully saturated rings. The van der Waals surface area contributed by atoms with Crippen LogP contribution in [0.1, 0.15) is 6.92 Å². The van der Waals surface area contributed by atoms with Crippen LogP contribution in [0.25, 0.3) is 0 Å². The molecule has 8 heteroatoms. The maximum Gasteiger partial charge on any atom is 0.218 e. The Morgan fingerprint density at radius 1 is 1.65 bits per heavy atom. The van der Waals surface area contributed by atoms with Crippen LogP contribution in [0.5, 0.6) is 0 Å². The smallest absolute Gasteiger partial charge is 0.218 e. The maximum atomic E-state index is 11.5. The third-order valence-electron chi connectivity index (χ3n) is 2.53. The van der Waals surface area contributed by atoms with Gasteiger partial charge in [0.25, 0.3) is 0 Å². The second kappa shape index (κ2) is 6.60. The molecule has 0 aromatic carbocycles. The lowest BCUT2D eigenvalue weighted by Gasteiger charge is -2.32. The SMILES string of the molecule is CCN1CCOC(CNS(=O)(=O)CC(N)=S)C1. The highest BCUT2D eigenvalue weighted by Crippen LogP contribution is 2.04. The van der Waals surface area contributed by atoms with Crippen molar-refractivity contribution in [1.29, 1.82) is 0 Å². The summed E-state index contributed by atoms with van der Waals surface area (Å²) in [6, 6.07) is 0. The molecule has 1 atom stereocenters. The minimum absolute atomic E-state index is 0.0303. The lowest BCUT2D eigenvalue weighted by molar-refractivity contribution is -0.0229. The number of rotatable bonds is 6. The Morgan fingerprint density at radius 2 is 2.35 bits per heavy atom. The summed E-state index contributed by atoms with van der Waals surface area (Å²) in [5.41, 5.74) is 5.20. The number of thiocarbonyl (C=S) groups is 1. The molecule has 0 aliphatic carbocycles. The summed E-state index contributed by atoms with van der Waals surface area (Å²) < 4.78 is 30.9. The summed E-state index contributed by atoms with van der Waals surface area (Å²) in [6.45, 7) is 5.55. The molecule has 1 unspecified atom stereocenters. The van der Waals surface area contributed by atoms with Gasteiger partial charge in [-0.25, -0.2) is 13.1 Å². The summed E-state index contributed by atoms with van der Waals surface area (Å²) in [7, 11) is -3.42. The van der Waals surface area contributed by atoms with E-state index in [-0.39, 0.29) is 23.4 Å².